The molecule has 0 heterocycles. The number of aryl methyl sites for hydroxylation is 1. The van der Waals surface area contributed by atoms with E-state index in [1.807, 2.05) is 55.4 Å². The van der Waals surface area contributed by atoms with Gasteiger partial charge >= 0.3 is 0 Å². The Bertz CT molecular complexity index is 732. The number of anilines is 1. The van der Waals surface area contributed by atoms with Crippen molar-refractivity contribution in [3.8, 4) is 17.2 Å². The van der Waals surface area contributed by atoms with Crippen molar-refractivity contribution in [3.63, 3.8) is 0 Å². The molecule has 0 radical (unpaired) electrons. The van der Waals surface area contributed by atoms with Gasteiger partial charge in [0.15, 0.2) is 11.5 Å². The summed E-state index contributed by atoms with van der Waals surface area (Å²) in [5.74, 6) is 1.73. The first-order valence-corrected chi connectivity index (χ1v) is 8.80. The topological polar surface area (TPSA) is 60.0 Å². The summed E-state index contributed by atoms with van der Waals surface area (Å²) < 4.78 is 16.0. The fourth-order valence-corrected chi connectivity index (χ4v) is 2.74. The van der Waals surface area contributed by atoms with Crippen molar-refractivity contribution in [2.45, 2.75) is 19.4 Å². The summed E-state index contributed by atoms with van der Waals surface area (Å²) in [6.07, 6.45) is 0.969. The number of nitrogens with zero attached hydrogens (tertiary/aromatic N) is 1. The van der Waals surface area contributed by atoms with E-state index in [1.165, 1.54) is 0 Å². The third-order valence-corrected chi connectivity index (χ3v) is 4.31. The van der Waals surface area contributed by atoms with Crippen molar-refractivity contribution in [2.24, 2.45) is 0 Å². The van der Waals surface area contributed by atoms with Gasteiger partial charge in [-0.05, 0) is 41.8 Å². The van der Waals surface area contributed by atoms with E-state index in [-0.39, 0.29) is 5.91 Å². The number of hydrogen-bond donors (Lipinski definition) is 1. The molecule has 0 saturated heterocycles. The van der Waals surface area contributed by atoms with E-state index in [0.29, 0.717) is 36.6 Å². The van der Waals surface area contributed by atoms with Crippen LogP contribution in [0.15, 0.2) is 36.4 Å². The van der Waals surface area contributed by atoms with Gasteiger partial charge in [0.05, 0.1) is 21.3 Å². The minimum Gasteiger partial charge on any atom is -0.493 e. The average molecular weight is 372 g/mol. The summed E-state index contributed by atoms with van der Waals surface area (Å²) in [5.41, 5.74) is 3.16. The summed E-state index contributed by atoms with van der Waals surface area (Å²) in [6, 6.07) is 11.9. The van der Waals surface area contributed by atoms with Gasteiger partial charge in [0, 0.05) is 32.7 Å². The molecule has 1 amide bonds. The Morgan fingerprint density at radius 3 is 2.00 bits per heavy atom. The second-order valence-electron chi connectivity index (χ2n) is 6.37. The molecule has 2 rings (SSSR count). The van der Waals surface area contributed by atoms with Gasteiger partial charge in [-0.2, -0.15) is 0 Å². The number of carbonyl (C=O) groups excluding carboxylic acids is 1. The van der Waals surface area contributed by atoms with E-state index in [0.717, 1.165) is 16.8 Å². The van der Waals surface area contributed by atoms with Crippen LogP contribution >= 0.6 is 0 Å². The van der Waals surface area contributed by atoms with Gasteiger partial charge in [0.1, 0.15) is 0 Å². The Morgan fingerprint density at radius 1 is 0.926 bits per heavy atom. The monoisotopic (exact) mass is 372 g/mol. The first-order chi connectivity index (χ1) is 13.0. The van der Waals surface area contributed by atoms with E-state index in [1.54, 1.807) is 21.3 Å². The standard InChI is InChI=1S/C21H28N2O4/c1-23(2)17-9-6-15(7-10-17)14-22-20(24)11-8-16-12-18(25-3)21(27-5)19(13-16)26-4/h6-7,9-10,12-13H,8,11,14H2,1-5H3,(H,22,24). The normalized spacial score (nSPS) is 10.3. The number of ether oxygens (including phenoxy) is 3. The highest BCUT2D eigenvalue weighted by Gasteiger charge is 2.13. The maximum atomic E-state index is 12.2. The van der Waals surface area contributed by atoms with E-state index < -0.39 is 0 Å². The van der Waals surface area contributed by atoms with Crippen LogP contribution in [0.4, 0.5) is 5.69 Å². The van der Waals surface area contributed by atoms with Crippen molar-refractivity contribution in [1.29, 1.82) is 0 Å². The second kappa shape index (κ2) is 9.71. The van der Waals surface area contributed by atoms with Gasteiger partial charge in [-0.3, -0.25) is 4.79 Å². The van der Waals surface area contributed by atoms with Crippen LogP contribution in [0.3, 0.4) is 0 Å². The average Bonchev–Trinajstić information content (AvgIpc) is 2.69. The quantitative estimate of drug-likeness (QED) is 0.733. The number of amides is 1. The molecular weight excluding hydrogens is 344 g/mol. The predicted octanol–water partition coefficient (Wildman–Crippen LogP) is 3.03. The molecular formula is C21H28N2O4. The van der Waals surface area contributed by atoms with Gasteiger partial charge < -0.3 is 24.4 Å². The van der Waals surface area contributed by atoms with Crippen molar-refractivity contribution in [2.75, 3.05) is 40.3 Å². The van der Waals surface area contributed by atoms with E-state index in [9.17, 15) is 4.79 Å². The van der Waals surface area contributed by atoms with Gasteiger partial charge in [0.25, 0.3) is 0 Å². The Labute approximate surface area is 161 Å². The van der Waals surface area contributed by atoms with Crippen LogP contribution in [0.1, 0.15) is 17.5 Å². The highest BCUT2D eigenvalue weighted by molar-refractivity contribution is 5.76. The number of rotatable bonds is 9. The lowest BCUT2D eigenvalue weighted by Gasteiger charge is -2.14. The molecule has 0 unspecified atom stereocenters. The van der Waals surface area contributed by atoms with Crippen LogP contribution in [-0.4, -0.2) is 41.3 Å². The Morgan fingerprint density at radius 2 is 1.52 bits per heavy atom. The summed E-state index contributed by atoms with van der Waals surface area (Å²) in [5, 5.41) is 2.96. The lowest BCUT2D eigenvalue weighted by atomic mass is 10.1. The molecule has 6 nitrogen and oxygen atoms in total. The Hall–Kier alpha value is -2.89. The lowest BCUT2D eigenvalue weighted by molar-refractivity contribution is -0.121. The number of hydrogen-bond acceptors (Lipinski definition) is 5. The van der Waals surface area contributed by atoms with Gasteiger partial charge in [-0.15, -0.1) is 0 Å². The second-order valence-corrected chi connectivity index (χ2v) is 6.37. The van der Waals surface area contributed by atoms with Crippen LogP contribution in [0.5, 0.6) is 17.2 Å². The number of methoxy groups -OCH3 is 3. The first kappa shape index (κ1) is 20.4. The van der Waals surface area contributed by atoms with E-state index in [2.05, 4.69) is 5.32 Å². The predicted molar refractivity (Wildman–Crippen MR) is 107 cm³/mol. The molecule has 0 aliphatic rings. The van der Waals surface area contributed by atoms with Crippen molar-refractivity contribution < 1.29 is 19.0 Å². The molecule has 1 N–H and O–H groups in total. The molecule has 0 aliphatic heterocycles. The third-order valence-electron chi connectivity index (χ3n) is 4.31. The zero-order valence-corrected chi connectivity index (χ0v) is 16.7. The van der Waals surface area contributed by atoms with Crippen molar-refractivity contribution in [3.05, 3.63) is 47.5 Å². The maximum absolute atomic E-state index is 12.2. The molecule has 2 aromatic rings. The van der Waals surface area contributed by atoms with Crippen LogP contribution in [-0.2, 0) is 17.8 Å². The molecule has 0 bridgehead atoms. The van der Waals surface area contributed by atoms with E-state index >= 15 is 0 Å². The van der Waals surface area contributed by atoms with Crippen LogP contribution in [0.25, 0.3) is 0 Å². The van der Waals surface area contributed by atoms with Crippen LogP contribution in [0.2, 0.25) is 0 Å². The fourth-order valence-electron chi connectivity index (χ4n) is 2.74. The van der Waals surface area contributed by atoms with Crippen LogP contribution < -0.4 is 24.4 Å². The smallest absolute Gasteiger partial charge is 0.220 e. The van der Waals surface area contributed by atoms with Gasteiger partial charge in [0.2, 0.25) is 11.7 Å². The molecule has 27 heavy (non-hydrogen) atoms. The molecule has 0 spiro atoms. The molecule has 6 heteroatoms. The fraction of sp³-hybridized carbons (Fsp3) is 0.381. The van der Waals surface area contributed by atoms with Gasteiger partial charge in [-0.25, -0.2) is 0 Å². The molecule has 2 aromatic carbocycles. The summed E-state index contributed by atoms with van der Waals surface area (Å²) in [6.45, 7) is 0.516. The van der Waals surface area contributed by atoms with Crippen molar-refractivity contribution >= 4 is 11.6 Å². The summed E-state index contributed by atoms with van der Waals surface area (Å²) >= 11 is 0. The molecule has 0 aromatic heterocycles. The minimum atomic E-state index is 0.000405. The molecule has 0 saturated carbocycles. The molecule has 0 fully saturated rings. The number of carbonyl (C=O) groups is 1. The molecule has 146 valence electrons. The maximum Gasteiger partial charge on any atom is 0.220 e. The zero-order valence-electron chi connectivity index (χ0n) is 16.7. The highest BCUT2D eigenvalue weighted by Crippen LogP contribution is 2.38. The largest absolute Gasteiger partial charge is 0.493 e. The number of benzene rings is 2. The summed E-state index contributed by atoms with van der Waals surface area (Å²) in [4.78, 5) is 14.2. The number of nitrogens with one attached hydrogen (secondary N) is 1. The van der Waals surface area contributed by atoms with Crippen molar-refractivity contribution in [1.82, 2.24) is 5.32 Å². The Kier molecular flexibility index (Phi) is 7.34. The zero-order chi connectivity index (χ0) is 19.8. The molecule has 0 atom stereocenters. The van der Waals surface area contributed by atoms with Crippen LogP contribution in [0, 0.1) is 0 Å². The third kappa shape index (κ3) is 5.54. The lowest BCUT2D eigenvalue weighted by Crippen LogP contribution is -2.23. The molecule has 0 aliphatic carbocycles. The minimum absolute atomic E-state index is 0.000405. The SMILES string of the molecule is COc1cc(CCC(=O)NCc2ccc(N(C)C)cc2)cc(OC)c1OC. The Balaban J connectivity index is 1.91. The summed E-state index contributed by atoms with van der Waals surface area (Å²) in [7, 11) is 8.73. The van der Waals surface area contributed by atoms with E-state index in [4.69, 9.17) is 14.2 Å². The van der Waals surface area contributed by atoms with Gasteiger partial charge in [-0.1, -0.05) is 12.1 Å². The highest BCUT2D eigenvalue weighted by atomic mass is 16.5. The first-order valence-electron chi connectivity index (χ1n) is 8.80.